The smallest absolute Gasteiger partial charge is 0.317 e. The van der Waals surface area contributed by atoms with Gasteiger partial charge in [0, 0.05) is 31.7 Å². The van der Waals surface area contributed by atoms with Gasteiger partial charge in [0.2, 0.25) is 0 Å². The van der Waals surface area contributed by atoms with E-state index in [1.54, 1.807) is 0 Å². The molecular weight excluding hydrogens is 323 g/mol. The van der Waals surface area contributed by atoms with Crippen LogP contribution >= 0.6 is 24.8 Å². The summed E-state index contributed by atoms with van der Waals surface area (Å²) in [6.45, 7) is 3.18. The number of carbonyl (C=O) groups is 1. The summed E-state index contributed by atoms with van der Waals surface area (Å²) in [5.74, 6) is -0.696. The quantitative estimate of drug-likeness (QED) is 0.910. The van der Waals surface area contributed by atoms with Crippen LogP contribution in [-0.4, -0.2) is 52.6 Å². The lowest BCUT2D eigenvalue weighted by atomic mass is 9.91. The molecule has 1 N–H and O–H groups in total. The number of rotatable bonds is 4. The van der Waals surface area contributed by atoms with Crippen molar-refractivity contribution in [1.82, 2.24) is 9.80 Å². The topological polar surface area (TPSA) is 43.8 Å². The number of fused-ring (bicyclic) bond motifs is 2. The maximum Gasteiger partial charge on any atom is 0.317 e. The lowest BCUT2D eigenvalue weighted by molar-refractivity contribution is -0.142. The molecule has 2 bridgehead atoms. The monoisotopic (exact) mass is 346 g/mol. The molecule has 4 nitrogen and oxygen atoms in total. The summed E-state index contributed by atoms with van der Waals surface area (Å²) in [5.41, 5.74) is 1.34. The molecule has 2 fully saturated rings. The van der Waals surface area contributed by atoms with Crippen molar-refractivity contribution in [2.75, 3.05) is 19.6 Å². The molecule has 22 heavy (non-hydrogen) atoms. The lowest BCUT2D eigenvalue weighted by Gasteiger charge is -2.49. The molecule has 3 rings (SSSR count). The van der Waals surface area contributed by atoms with Gasteiger partial charge in [-0.15, -0.1) is 24.8 Å². The van der Waals surface area contributed by atoms with Gasteiger partial charge in [-0.1, -0.05) is 36.8 Å². The number of hydrogen-bond donors (Lipinski definition) is 1. The molecule has 2 saturated heterocycles. The van der Waals surface area contributed by atoms with Gasteiger partial charge in [-0.25, -0.2) is 0 Å². The van der Waals surface area contributed by atoms with E-state index in [-0.39, 0.29) is 31.4 Å². The molecule has 0 aromatic heterocycles. The minimum absolute atomic E-state index is 0. The first-order chi connectivity index (χ1) is 9.72. The summed E-state index contributed by atoms with van der Waals surface area (Å²) in [6.07, 6.45) is 3.51. The van der Waals surface area contributed by atoms with Crippen molar-refractivity contribution in [2.24, 2.45) is 0 Å². The molecule has 2 atom stereocenters. The van der Waals surface area contributed by atoms with Crippen LogP contribution < -0.4 is 0 Å². The summed E-state index contributed by atoms with van der Waals surface area (Å²) in [4.78, 5) is 15.7. The fraction of sp³-hybridized carbons (Fsp3) is 0.562. The number of nitrogens with zero attached hydrogens (tertiary/aromatic N) is 2. The second-order valence-corrected chi connectivity index (χ2v) is 5.98. The normalized spacial score (nSPS) is 24.9. The highest BCUT2D eigenvalue weighted by molar-refractivity contribution is 5.85. The Balaban J connectivity index is 0.00000121. The minimum atomic E-state index is -0.696. The average molecular weight is 347 g/mol. The molecule has 1 aromatic rings. The van der Waals surface area contributed by atoms with Crippen molar-refractivity contribution < 1.29 is 9.90 Å². The summed E-state index contributed by atoms with van der Waals surface area (Å²) in [6, 6.07) is 11.4. The van der Waals surface area contributed by atoms with E-state index < -0.39 is 5.97 Å². The van der Waals surface area contributed by atoms with Crippen LogP contribution in [0.2, 0.25) is 0 Å². The highest BCUT2D eigenvalue weighted by atomic mass is 35.5. The number of halogens is 2. The number of piperazine rings is 1. The van der Waals surface area contributed by atoms with Gasteiger partial charge in [0.05, 0.1) is 6.54 Å². The first-order valence-corrected chi connectivity index (χ1v) is 7.46. The van der Waals surface area contributed by atoms with Crippen LogP contribution in [0.4, 0.5) is 0 Å². The molecule has 2 aliphatic rings. The van der Waals surface area contributed by atoms with Crippen molar-refractivity contribution in [1.29, 1.82) is 0 Å². The van der Waals surface area contributed by atoms with E-state index >= 15 is 0 Å². The van der Waals surface area contributed by atoms with Gasteiger partial charge in [0.25, 0.3) is 0 Å². The molecule has 2 aliphatic heterocycles. The number of benzene rings is 1. The van der Waals surface area contributed by atoms with Crippen LogP contribution in [0, 0.1) is 0 Å². The molecule has 2 unspecified atom stereocenters. The fourth-order valence-electron chi connectivity index (χ4n) is 3.67. The Morgan fingerprint density at radius 1 is 1.09 bits per heavy atom. The molecule has 0 aliphatic carbocycles. The molecule has 124 valence electrons. The zero-order valence-electron chi connectivity index (χ0n) is 12.6. The van der Waals surface area contributed by atoms with Gasteiger partial charge < -0.3 is 5.11 Å². The van der Waals surface area contributed by atoms with Gasteiger partial charge in [-0.2, -0.15) is 0 Å². The van der Waals surface area contributed by atoms with Crippen LogP contribution in [0.25, 0.3) is 0 Å². The van der Waals surface area contributed by atoms with Crippen LogP contribution in [0.3, 0.4) is 0 Å². The van der Waals surface area contributed by atoms with Gasteiger partial charge in [0.15, 0.2) is 0 Å². The Morgan fingerprint density at radius 2 is 1.68 bits per heavy atom. The number of carboxylic acid groups (broad SMARTS) is 1. The van der Waals surface area contributed by atoms with E-state index in [0.717, 1.165) is 32.5 Å². The second kappa shape index (κ2) is 8.73. The minimum Gasteiger partial charge on any atom is -0.480 e. The third kappa shape index (κ3) is 4.59. The first kappa shape index (κ1) is 19.2. The standard InChI is InChI=1S/C16H22N2O2.2ClH/c19-16(20)12-18-14-7-4-8-15(18)11-17(10-14)9-13-5-2-1-3-6-13;;/h1-3,5-6,14-15H,4,7-12H2,(H,19,20);2*1H. The maximum atomic E-state index is 11.0. The van der Waals surface area contributed by atoms with E-state index in [1.807, 2.05) is 6.07 Å². The summed E-state index contributed by atoms with van der Waals surface area (Å²) in [7, 11) is 0. The summed E-state index contributed by atoms with van der Waals surface area (Å²) >= 11 is 0. The highest BCUT2D eigenvalue weighted by Crippen LogP contribution is 2.29. The number of piperidine rings is 1. The molecule has 0 amide bonds. The van der Waals surface area contributed by atoms with Crippen LogP contribution in [0.15, 0.2) is 30.3 Å². The molecule has 6 heteroatoms. The van der Waals surface area contributed by atoms with Gasteiger partial charge in [-0.3, -0.25) is 14.6 Å². The Morgan fingerprint density at radius 3 is 2.23 bits per heavy atom. The summed E-state index contributed by atoms with van der Waals surface area (Å²) in [5, 5.41) is 9.07. The SMILES string of the molecule is Cl.Cl.O=C(O)CN1C2CCCC1CN(Cc1ccccc1)C2. The van der Waals surface area contributed by atoms with Gasteiger partial charge >= 0.3 is 5.97 Å². The molecule has 0 saturated carbocycles. The number of likely N-dealkylation sites (tertiary alicyclic amines) is 1. The van der Waals surface area contributed by atoms with E-state index in [1.165, 1.54) is 12.0 Å². The third-order valence-electron chi connectivity index (χ3n) is 4.52. The fourth-order valence-corrected chi connectivity index (χ4v) is 3.67. The Hall–Kier alpha value is -0.810. The highest BCUT2D eigenvalue weighted by Gasteiger charge is 2.37. The second-order valence-electron chi connectivity index (χ2n) is 5.98. The van der Waals surface area contributed by atoms with Crippen molar-refractivity contribution in [3.05, 3.63) is 35.9 Å². The molecule has 1 aromatic carbocycles. The molecule has 2 heterocycles. The number of aliphatic carboxylic acids is 1. The van der Waals surface area contributed by atoms with Crippen molar-refractivity contribution in [3.63, 3.8) is 0 Å². The lowest BCUT2D eigenvalue weighted by Crippen LogP contribution is -2.61. The van der Waals surface area contributed by atoms with Crippen molar-refractivity contribution in [3.8, 4) is 0 Å². The largest absolute Gasteiger partial charge is 0.480 e. The van der Waals surface area contributed by atoms with E-state index in [0.29, 0.717) is 12.1 Å². The summed E-state index contributed by atoms with van der Waals surface area (Å²) < 4.78 is 0. The van der Waals surface area contributed by atoms with Gasteiger partial charge in [0.1, 0.15) is 0 Å². The number of carboxylic acids is 1. The first-order valence-electron chi connectivity index (χ1n) is 7.46. The predicted molar refractivity (Wildman–Crippen MR) is 92.0 cm³/mol. The zero-order chi connectivity index (χ0) is 13.9. The Labute approximate surface area is 144 Å². The van der Waals surface area contributed by atoms with Crippen LogP contribution in [-0.2, 0) is 11.3 Å². The molecule has 0 spiro atoms. The van der Waals surface area contributed by atoms with Crippen LogP contribution in [0.1, 0.15) is 24.8 Å². The third-order valence-corrected chi connectivity index (χ3v) is 4.52. The van der Waals surface area contributed by atoms with Gasteiger partial charge in [-0.05, 0) is 18.4 Å². The zero-order valence-corrected chi connectivity index (χ0v) is 14.2. The Kier molecular flexibility index (Phi) is 7.63. The van der Waals surface area contributed by atoms with E-state index in [2.05, 4.69) is 34.1 Å². The molecular formula is C16H24Cl2N2O2. The average Bonchev–Trinajstić information content (AvgIpc) is 2.40. The van der Waals surface area contributed by atoms with E-state index in [9.17, 15) is 4.79 Å². The van der Waals surface area contributed by atoms with E-state index in [4.69, 9.17) is 5.11 Å². The molecule has 0 radical (unpaired) electrons. The van der Waals surface area contributed by atoms with Crippen molar-refractivity contribution >= 4 is 30.8 Å². The Bertz CT molecular complexity index is 458. The van der Waals surface area contributed by atoms with Crippen molar-refractivity contribution in [2.45, 2.75) is 37.9 Å². The predicted octanol–water partition coefficient (Wildman–Crippen LogP) is 2.65. The number of hydrogen-bond acceptors (Lipinski definition) is 3. The van der Waals surface area contributed by atoms with Crippen LogP contribution in [0.5, 0.6) is 0 Å². The maximum absolute atomic E-state index is 11.0.